The van der Waals surface area contributed by atoms with Crippen molar-refractivity contribution in [3.63, 3.8) is 0 Å². The number of nitrogens with one attached hydrogen (secondary N) is 1. The lowest BCUT2D eigenvalue weighted by molar-refractivity contribution is 0.102. The lowest BCUT2D eigenvalue weighted by Crippen LogP contribution is -2.37. The first-order valence-corrected chi connectivity index (χ1v) is 10.7. The van der Waals surface area contributed by atoms with Crippen molar-refractivity contribution in [3.8, 4) is 0 Å². The van der Waals surface area contributed by atoms with Crippen LogP contribution in [0, 0.1) is 17.7 Å². The van der Waals surface area contributed by atoms with Crippen LogP contribution < -0.4 is 5.32 Å². The summed E-state index contributed by atoms with van der Waals surface area (Å²) in [5.41, 5.74) is 0.783. The largest absolute Gasteiger partial charge is 0.322 e. The number of anilines is 1. The Morgan fingerprint density at radius 2 is 1.43 bits per heavy atom. The molecule has 7 heteroatoms. The van der Waals surface area contributed by atoms with Crippen molar-refractivity contribution in [2.45, 2.75) is 32.6 Å². The molecule has 0 saturated carbocycles. The van der Waals surface area contributed by atoms with E-state index in [4.69, 9.17) is 0 Å². The van der Waals surface area contributed by atoms with Crippen LogP contribution >= 0.6 is 0 Å². The van der Waals surface area contributed by atoms with E-state index in [-0.39, 0.29) is 16.7 Å². The Labute approximate surface area is 166 Å². The normalized spacial score (nSPS) is 12.0. The first-order valence-electron chi connectivity index (χ1n) is 9.26. The van der Waals surface area contributed by atoms with Gasteiger partial charge >= 0.3 is 0 Å². The summed E-state index contributed by atoms with van der Waals surface area (Å²) in [7, 11) is -3.61. The Balaban J connectivity index is 2.17. The molecule has 1 N–H and O–H groups in total. The number of hydrogen-bond acceptors (Lipinski definition) is 3. The number of amides is 1. The highest BCUT2D eigenvalue weighted by atomic mass is 32.2. The van der Waals surface area contributed by atoms with Crippen molar-refractivity contribution in [2.24, 2.45) is 11.8 Å². The molecule has 2 aromatic rings. The molecule has 0 heterocycles. The maximum atomic E-state index is 13.0. The zero-order valence-corrected chi connectivity index (χ0v) is 17.5. The predicted octanol–water partition coefficient (Wildman–Crippen LogP) is 4.38. The van der Waals surface area contributed by atoms with Crippen LogP contribution in [0.15, 0.2) is 53.4 Å². The van der Waals surface area contributed by atoms with Crippen molar-refractivity contribution in [1.82, 2.24) is 4.31 Å². The van der Waals surface area contributed by atoms with Crippen LogP contribution in [0.4, 0.5) is 10.1 Å². The van der Waals surface area contributed by atoms with Gasteiger partial charge in [-0.3, -0.25) is 4.79 Å². The average Bonchev–Trinajstić information content (AvgIpc) is 2.61. The number of benzene rings is 2. The van der Waals surface area contributed by atoms with Crippen LogP contribution in [0.3, 0.4) is 0 Å². The molecule has 0 fully saturated rings. The highest BCUT2D eigenvalue weighted by Gasteiger charge is 2.25. The molecular formula is C21H27FN2O3S. The molecule has 0 aliphatic heterocycles. The Kier molecular flexibility index (Phi) is 7.32. The van der Waals surface area contributed by atoms with E-state index in [0.29, 0.717) is 24.3 Å². The number of halogens is 1. The van der Waals surface area contributed by atoms with Gasteiger partial charge in [0.2, 0.25) is 10.0 Å². The number of sulfonamides is 1. The summed E-state index contributed by atoms with van der Waals surface area (Å²) in [6.07, 6.45) is 0. The topological polar surface area (TPSA) is 66.5 Å². The summed E-state index contributed by atoms with van der Waals surface area (Å²) >= 11 is 0. The van der Waals surface area contributed by atoms with Gasteiger partial charge in [0.1, 0.15) is 5.82 Å². The molecule has 152 valence electrons. The van der Waals surface area contributed by atoms with E-state index in [1.54, 1.807) is 12.1 Å². The molecule has 2 rings (SSSR count). The summed E-state index contributed by atoms with van der Waals surface area (Å²) in [5.74, 6) is -0.388. The van der Waals surface area contributed by atoms with Gasteiger partial charge in [-0.05, 0) is 60.4 Å². The summed E-state index contributed by atoms with van der Waals surface area (Å²) < 4.78 is 40.5. The SMILES string of the molecule is CC(C)CN(CC(C)C)S(=O)(=O)c1ccc(NC(=O)c2ccc(F)cc2)cc1. The molecule has 0 radical (unpaired) electrons. The Morgan fingerprint density at radius 3 is 1.89 bits per heavy atom. The molecule has 0 aromatic heterocycles. The highest BCUT2D eigenvalue weighted by Crippen LogP contribution is 2.21. The van der Waals surface area contributed by atoms with Gasteiger partial charge in [0.15, 0.2) is 0 Å². The fraction of sp³-hybridized carbons (Fsp3) is 0.381. The Hall–Kier alpha value is -2.25. The molecule has 0 spiro atoms. The highest BCUT2D eigenvalue weighted by molar-refractivity contribution is 7.89. The molecule has 0 saturated heterocycles. The smallest absolute Gasteiger partial charge is 0.255 e. The monoisotopic (exact) mass is 406 g/mol. The van der Waals surface area contributed by atoms with Crippen molar-refractivity contribution in [2.75, 3.05) is 18.4 Å². The standard InChI is InChI=1S/C21H27FN2O3S/c1-15(2)13-24(14-16(3)4)28(26,27)20-11-9-19(10-12-20)23-21(25)17-5-7-18(22)8-6-17/h5-12,15-16H,13-14H2,1-4H3,(H,23,25). The van der Waals surface area contributed by atoms with Crippen LogP contribution in [-0.4, -0.2) is 31.7 Å². The van der Waals surface area contributed by atoms with Crippen molar-refractivity contribution >= 4 is 21.6 Å². The van der Waals surface area contributed by atoms with E-state index >= 15 is 0 Å². The Morgan fingerprint density at radius 1 is 0.929 bits per heavy atom. The quantitative estimate of drug-likeness (QED) is 0.707. The number of rotatable bonds is 8. The zero-order chi connectivity index (χ0) is 20.9. The van der Waals surface area contributed by atoms with Crippen LogP contribution in [0.1, 0.15) is 38.1 Å². The van der Waals surface area contributed by atoms with Gasteiger partial charge in [-0.25, -0.2) is 12.8 Å². The first kappa shape index (κ1) is 22.0. The van der Waals surface area contributed by atoms with E-state index in [1.165, 1.54) is 40.7 Å². The third-order valence-corrected chi connectivity index (χ3v) is 5.84. The van der Waals surface area contributed by atoms with Crippen LogP contribution in [0.25, 0.3) is 0 Å². The second-order valence-corrected chi connectivity index (χ2v) is 9.53. The lowest BCUT2D eigenvalue weighted by atomic mass is 10.2. The fourth-order valence-corrected chi connectivity index (χ4v) is 4.52. The average molecular weight is 407 g/mol. The first-order chi connectivity index (χ1) is 13.1. The van der Waals surface area contributed by atoms with Crippen LogP contribution in [0.5, 0.6) is 0 Å². The van der Waals surface area contributed by atoms with Crippen molar-refractivity contribution < 1.29 is 17.6 Å². The minimum atomic E-state index is -3.61. The maximum absolute atomic E-state index is 13.0. The van der Waals surface area contributed by atoms with Gasteiger partial charge in [-0.2, -0.15) is 4.31 Å². The predicted molar refractivity (Wildman–Crippen MR) is 109 cm³/mol. The van der Waals surface area contributed by atoms with Gasteiger partial charge in [-0.1, -0.05) is 27.7 Å². The number of nitrogens with zero attached hydrogens (tertiary/aromatic N) is 1. The van der Waals surface area contributed by atoms with E-state index in [2.05, 4.69) is 5.32 Å². The van der Waals surface area contributed by atoms with Gasteiger partial charge < -0.3 is 5.32 Å². The van der Waals surface area contributed by atoms with E-state index in [1.807, 2.05) is 27.7 Å². The molecule has 0 aliphatic carbocycles. The zero-order valence-electron chi connectivity index (χ0n) is 16.6. The lowest BCUT2D eigenvalue weighted by Gasteiger charge is -2.25. The molecule has 5 nitrogen and oxygen atoms in total. The molecule has 0 bridgehead atoms. The summed E-state index contributed by atoms with van der Waals surface area (Å²) in [4.78, 5) is 12.4. The van der Waals surface area contributed by atoms with E-state index in [0.717, 1.165) is 0 Å². The minimum Gasteiger partial charge on any atom is -0.322 e. The Bertz CT molecular complexity index is 882. The van der Waals surface area contributed by atoms with Crippen molar-refractivity contribution in [3.05, 3.63) is 59.9 Å². The third kappa shape index (κ3) is 5.87. The van der Waals surface area contributed by atoms with Gasteiger partial charge in [0.05, 0.1) is 4.90 Å². The summed E-state index contributed by atoms with van der Waals surface area (Å²) in [5, 5.41) is 2.68. The third-order valence-electron chi connectivity index (χ3n) is 3.99. The number of carbonyl (C=O) groups is 1. The molecule has 1 amide bonds. The van der Waals surface area contributed by atoms with Crippen LogP contribution in [-0.2, 0) is 10.0 Å². The summed E-state index contributed by atoms with van der Waals surface area (Å²) in [6, 6.07) is 11.3. The maximum Gasteiger partial charge on any atom is 0.255 e. The molecule has 2 aromatic carbocycles. The van der Waals surface area contributed by atoms with Gasteiger partial charge in [-0.15, -0.1) is 0 Å². The molecule has 0 unspecified atom stereocenters. The number of hydrogen-bond donors (Lipinski definition) is 1. The number of carbonyl (C=O) groups excluding carboxylic acids is 1. The van der Waals surface area contributed by atoms with Crippen molar-refractivity contribution in [1.29, 1.82) is 0 Å². The second kappa shape index (κ2) is 9.30. The molecular weight excluding hydrogens is 379 g/mol. The minimum absolute atomic E-state index is 0.189. The molecule has 0 atom stereocenters. The van der Waals surface area contributed by atoms with Gasteiger partial charge in [0, 0.05) is 24.3 Å². The van der Waals surface area contributed by atoms with E-state index in [9.17, 15) is 17.6 Å². The fourth-order valence-electron chi connectivity index (χ4n) is 2.75. The molecule has 28 heavy (non-hydrogen) atoms. The summed E-state index contributed by atoms with van der Waals surface area (Å²) in [6.45, 7) is 8.83. The van der Waals surface area contributed by atoms with E-state index < -0.39 is 21.7 Å². The molecule has 0 aliphatic rings. The second-order valence-electron chi connectivity index (χ2n) is 7.60. The van der Waals surface area contributed by atoms with Gasteiger partial charge in [0.25, 0.3) is 5.91 Å². The van der Waals surface area contributed by atoms with Crippen LogP contribution in [0.2, 0.25) is 0 Å².